The van der Waals surface area contributed by atoms with E-state index in [-0.39, 0.29) is 11.3 Å². The van der Waals surface area contributed by atoms with Gasteiger partial charge in [-0.1, -0.05) is 42.5 Å². The van der Waals surface area contributed by atoms with Gasteiger partial charge in [-0.15, -0.1) is 0 Å². The minimum Gasteiger partial charge on any atom is -0.508 e. The van der Waals surface area contributed by atoms with Gasteiger partial charge in [0.25, 0.3) is 5.56 Å². The summed E-state index contributed by atoms with van der Waals surface area (Å²) >= 11 is 0. The van der Waals surface area contributed by atoms with E-state index in [0.717, 1.165) is 28.1 Å². The Morgan fingerprint density at radius 2 is 1.87 bits per heavy atom. The summed E-state index contributed by atoms with van der Waals surface area (Å²) in [4.78, 5) is 21.3. The third-order valence-electron chi connectivity index (χ3n) is 5.49. The molecule has 0 amide bonds. The first-order valence-electron chi connectivity index (χ1n) is 10.1. The minimum atomic E-state index is -0.172. The summed E-state index contributed by atoms with van der Waals surface area (Å²) in [5.74, 6) is 1.50. The van der Waals surface area contributed by atoms with Gasteiger partial charge in [0.05, 0.1) is 24.1 Å². The molecule has 1 aromatic heterocycles. The number of H-pyrrole nitrogens is 1. The van der Waals surface area contributed by atoms with Crippen LogP contribution in [-0.2, 0) is 12.8 Å². The number of phenolic OH excluding ortho intramolecular Hbond substituents is 1. The lowest BCUT2D eigenvalue weighted by Crippen LogP contribution is -2.18. The molecule has 154 valence electrons. The molecular weight excluding hydrogens is 390 g/mol. The summed E-state index contributed by atoms with van der Waals surface area (Å²) in [5.41, 5.74) is 4.51. The maximum atomic E-state index is 13.2. The molecule has 3 aromatic rings. The fourth-order valence-corrected chi connectivity index (χ4v) is 3.85. The van der Waals surface area contributed by atoms with E-state index in [4.69, 9.17) is 4.42 Å². The van der Waals surface area contributed by atoms with Crippen molar-refractivity contribution in [1.82, 2.24) is 14.5 Å². The number of rotatable bonds is 5. The monoisotopic (exact) mass is 411 g/mol. The zero-order valence-electron chi connectivity index (χ0n) is 17.0. The number of fused-ring (bicyclic) bond motifs is 1. The molecule has 2 N–H and O–H groups in total. The van der Waals surface area contributed by atoms with Crippen LogP contribution in [0.3, 0.4) is 0 Å². The van der Waals surface area contributed by atoms with E-state index in [1.807, 2.05) is 49.4 Å². The van der Waals surface area contributed by atoms with Crippen LogP contribution in [0.15, 0.2) is 82.3 Å². The lowest BCUT2D eigenvalue weighted by molar-refractivity contribution is 0.471. The molecule has 5 rings (SSSR count). The Morgan fingerprint density at radius 3 is 2.65 bits per heavy atom. The predicted octanol–water partition coefficient (Wildman–Crippen LogP) is 4.45. The minimum absolute atomic E-state index is 0.172. The van der Waals surface area contributed by atoms with Gasteiger partial charge < -0.3 is 14.5 Å². The highest BCUT2D eigenvalue weighted by atomic mass is 16.3. The highest BCUT2D eigenvalue weighted by Crippen LogP contribution is 2.30. The van der Waals surface area contributed by atoms with Crippen molar-refractivity contribution in [3.05, 3.63) is 112 Å². The topological polar surface area (TPSA) is 84.1 Å². The highest BCUT2D eigenvalue weighted by Gasteiger charge is 2.21. The van der Waals surface area contributed by atoms with Crippen molar-refractivity contribution in [3.8, 4) is 22.8 Å². The Balaban J connectivity index is 1.69. The van der Waals surface area contributed by atoms with Crippen LogP contribution in [0.2, 0.25) is 0 Å². The van der Waals surface area contributed by atoms with Crippen molar-refractivity contribution in [1.29, 1.82) is 0 Å². The molecule has 0 unspecified atom stereocenters. The first-order valence-corrected chi connectivity index (χ1v) is 10.1. The van der Waals surface area contributed by atoms with Crippen LogP contribution < -0.4 is 5.56 Å². The van der Waals surface area contributed by atoms with Gasteiger partial charge in [0.2, 0.25) is 0 Å². The number of phenols is 1. The summed E-state index contributed by atoms with van der Waals surface area (Å²) in [6.45, 7) is 1.86. The molecule has 0 spiro atoms. The lowest BCUT2D eigenvalue weighted by atomic mass is 10.0. The number of aromatic hydroxyl groups is 1. The van der Waals surface area contributed by atoms with Crippen molar-refractivity contribution < 1.29 is 9.52 Å². The number of imidazole rings is 1. The molecule has 0 radical (unpaired) electrons. The van der Waals surface area contributed by atoms with Crippen LogP contribution in [0.4, 0.5) is 0 Å². The van der Waals surface area contributed by atoms with E-state index in [0.29, 0.717) is 30.1 Å². The maximum absolute atomic E-state index is 13.2. The van der Waals surface area contributed by atoms with Crippen LogP contribution >= 0.6 is 0 Å². The van der Waals surface area contributed by atoms with Crippen LogP contribution in [0.1, 0.15) is 28.3 Å². The molecule has 31 heavy (non-hydrogen) atoms. The Labute approximate surface area is 178 Å². The number of benzene rings is 2. The van der Waals surface area contributed by atoms with Crippen LogP contribution in [0.25, 0.3) is 17.1 Å². The first kappa shape index (κ1) is 18.9. The van der Waals surface area contributed by atoms with Gasteiger partial charge in [0.15, 0.2) is 5.82 Å². The largest absolute Gasteiger partial charge is 0.508 e. The number of nitrogens with zero attached hydrogens (tertiary/aromatic N) is 2. The van der Waals surface area contributed by atoms with Crippen LogP contribution in [-0.4, -0.2) is 19.6 Å². The van der Waals surface area contributed by atoms with Gasteiger partial charge in [-0.3, -0.25) is 9.36 Å². The van der Waals surface area contributed by atoms with Crippen molar-refractivity contribution in [2.75, 3.05) is 0 Å². The molecule has 0 saturated carbocycles. The molecule has 6 nitrogen and oxygen atoms in total. The Hall–Kier alpha value is -4.06. The van der Waals surface area contributed by atoms with Gasteiger partial charge in [-0.25, -0.2) is 4.98 Å². The fraction of sp³-hybridized carbons (Fsp3) is 0.120. The van der Waals surface area contributed by atoms with Crippen LogP contribution in [0, 0.1) is 6.92 Å². The van der Waals surface area contributed by atoms with Crippen molar-refractivity contribution in [3.63, 3.8) is 0 Å². The molecule has 3 heterocycles. The second-order valence-corrected chi connectivity index (χ2v) is 7.57. The van der Waals surface area contributed by atoms with E-state index in [1.54, 1.807) is 35.2 Å². The zero-order valence-corrected chi connectivity index (χ0v) is 17.0. The number of hydrogen-bond donors (Lipinski definition) is 2. The molecular formula is C25H21N3O3. The Bertz CT molecular complexity index is 1370. The van der Waals surface area contributed by atoms with Gasteiger partial charge in [0, 0.05) is 23.7 Å². The molecule has 2 aromatic carbocycles. The molecule has 0 bridgehead atoms. The molecule has 0 atom stereocenters. The zero-order chi connectivity index (χ0) is 21.4. The standard InChI is InChI=1S/C25H21N3O3/c1-16-19(10-5-11-23(16)29)22-15-28-24(20(26-22)13-17-7-3-2-4-8-17)27-21(25(28)30)14-18-9-6-12-31-18/h2-12,15,26,29H,13-14H2,1H3. The number of hydrogen-bond acceptors (Lipinski definition) is 4. The SMILES string of the molecule is Cc1c(O)cccc1-c1cn2c(=O)c(Cc3ccco3)nc-2c(Cc2ccccc2)[nH]1. The van der Waals surface area contributed by atoms with Gasteiger partial charge >= 0.3 is 0 Å². The lowest BCUT2D eigenvalue weighted by Gasteiger charge is -2.15. The predicted molar refractivity (Wildman–Crippen MR) is 118 cm³/mol. The molecule has 6 heteroatoms. The maximum Gasteiger partial charge on any atom is 0.278 e. The summed E-state index contributed by atoms with van der Waals surface area (Å²) in [5, 5.41) is 10.2. The van der Waals surface area contributed by atoms with Crippen molar-refractivity contribution in [2.24, 2.45) is 0 Å². The summed E-state index contributed by atoms with van der Waals surface area (Å²) in [7, 11) is 0. The third-order valence-corrected chi connectivity index (χ3v) is 5.49. The number of nitrogens with one attached hydrogen (secondary N) is 1. The molecule has 2 aliphatic heterocycles. The fourth-order valence-electron chi connectivity index (χ4n) is 3.85. The molecule has 2 aliphatic rings. The number of furan rings is 1. The smallest absolute Gasteiger partial charge is 0.278 e. The summed E-state index contributed by atoms with van der Waals surface area (Å²) in [6.07, 6.45) is 4.27. The third kappa shape index (κ3) is 3.53. The number of aromatic amines is 1. The molecule has 0 saturated heterocycles. The molecule has 0 fully saturated rings. The summed E-state index contributed by atoms with van der Waals surface area (Å²) < 4.78 is 7.00. The average Bonchev–Trinajstić information content (AvgIpc) is 3.40. The second kappa shape index (κ2) is 7.65. The Morgan fingerprint density at radius 1 is 1.03 bits per heavy atom. The average molecular weight is 411 g/mol. The van der Waals surface area contributed by atoms with E-state index >= 15 is 0 Å². The van der Waals surface area contributed by atoms with Gasteiger partial charge in [0.1, 0.15) is 17.2 Å². The van der Waals surface area contributed by atoms with Gasteiger partial charge in [-0.2, -0.15) is 0 Å². The normalized spacial score (nSPS) is 11.3. The van der Waals surface area contributed by atoms with Crippen molar-refractivity contribution >= 4 is 0 Å². The highest BCUT2D eigenvalue weighted by molar-refractivity contribution is 5.67. The van der Waals surface area contributed by atoms with E-state index in [2.05, 4.69) is 9.97 Å². The van der Waals surface area contributed by atoms with E-state index < -0.39 is 0 Å². The van der Waals surface area contributed by atoms with E-state index in [1.165, 1.54) is 0 Å². The second-order valence-electron chi connectivity index (χ2n) is 7.57. The van der Waals surface area contributed by atoms with Gasteiger partial charge in [-0.05, 0) is 30.7 Å². The van der Waals surface area contributed by atoms with E-state index in [9.17, 15) is 9.90 Å². The molecule has 0 aliphatic carbocycles. The Kier molecular flexibility index (Phi) is 4.67. The van der Waals surface area contributed by atoms with Crippen LogP contribution in [0.5, 0.6) is 5.75 Å². The first-order chi connectivity index (χ1) is 15.1. The number of aromatic nitrogens is 3. The van der Waals surface area contributed by atoms with Crippen molar-refractivity contribution in [2.45, 2.75) is 19.8 Å². The quantitative estimate of drug-likeness (QED) is 0.447. The summed E-state index contributed by atoms with van der Waals surface area (Å²) in [6, 6.07) is 19.0.